The number of hydrogen-bond acceptors (Lipinski definition) is 10. The van der Waals surface area contributed by atoms with Gasteiger partial charge in [0.15, 0.2) is 6.29 Å². The zero-order valence-corrected chi connectivity index (χ0v) is 15.5. The SMILES string of the molecule is Cc1cncc(C=O)c1.Cc1cncc(CO)c1.O=C=O.O=C=O.[O]=[Mn]=[O]. The summed E-state index contributed by atoms with van der Waals surface area (Å²) in [5.41, 5.74) is 3.60. The second kappa shape index (κ2) is 22.8. The van der Waals surface area contributed by atoms with Crippen molar-refractivity contribution in [3.05, 3.63) is 59.2 Å². The molecule has 0 atom stereocenters. The molecule has 0 bridgehead atoms. The molecular weight excluding hydrogens is 403 g/mol. The molecule has 2 heterocycles. The average Bonchev–Trinajstić information content (AvgIpc) is 2.64. The summed E-state index contributed by atoms with van der Waals surface area (Å²) in [4.78, 5) is 50.3. The molecule has 2 rings (SSSR count). The molecule has 0 aliphatic rings. The molecule has 145 valence electrons. The van der Waals surface area contributed by atoms with Gasteiger partial charge in [-0.25, -0.2) is 0 Å². The van der Waals surface area contributed by atoms with Gasteiger partial charge in [0.2, 0.25) is 0 Å². The number of carbonyl (C=O) groups excluding carboxylic acids is 5. The quantitative estimate of drug-likeness (QED) is 0.540. The fourth-order valence-electron chi connectivity index (χ4n) is 1.35. The Balaban J connectivity index is -0.000000300. The maximum absolute atomic E-state index is 10.1. The Morgan fingerprint density at radius 2 is 1.33 bits per heavy atom. The zero-order valence-electron chi connectivity index (χ0n) is 14.3. The molecule has 11 heteroatoms. The predicted octanol–water partition coefficient (Wildman–Crippen LogP) is 0.678. The first-order chi connectivity index (χ1) is 12.9. The number of pyridine rings is 2. The maximum atomic E-state index is 10.1. The minimum absolute atomic E-state index is 0.0781. The normalized spacial score (nSPS) is 7.22. The van der Waals surface area contributed by atoms with Crippen LogP contribution in [0.5, 0.6) is 0 Å². The van der Waals surface area contributed by atoms with Gasteiger partial charge in [0.1, 0.15) is 0 Å². The Bertz CT molecular complexity index is 736. The van der Waals surface area contributed by atoms with E-state index in [0.29, 0.717) is 5.56 Å². The van der Waals surface area contributed by atoms with Crippen molar-refractivity contribution in [3.63, 3.8) is 0 Å². The molecule has 0 saturated heterocycles. The number of hydrogen-bond donors (Lipinski definition) is 1. The van der Waals surface area contributed by atoms with Crippen LogP contribution in [-0.4, -0.2) is 33.7 Å². The van der Waals surface area contributed by atoms with E-state index >= 15 is 0 Å². The van der Waals surface area contributed by atoms with Crippen LogP contribution < -0.4 is 0 Å². The van der Waals surface area contributed by atoms with Gasteiger partial charge >= 0.3 is 34.8 Å². The van der Waals surface area contributed by atoms with Crippen molar-refractivity contribution in [1.82, 2.24) is 9.97 Å². The van der Waals surface area contributed by atoms with Gasteiger partial charge in [-0.3, -0.25) is 14.8 Å². The molecule has 0 unspecified atom stereocenters. The van der Waals surface area contributed by atoms with Crippen LogP contribution in [0.3, 0.4) is 0 Å². The minimum atomic E-state index is -1.44. The molecule has 0 aliphatic carbocycles. The number of aliphatic hydroxyl groups is 1. The van der Waals surface area contributed by atoms with Gasteiger partial charge in [-0.05, 0) is 36.6 Å². The number of carbonyl (C=O) groups is 1. The number of aldehydes is 1. The Hall–Kier alpha value is -3.19. The summed E-state index contributed by atoms with van der Waals surface area (Å²) in [7, 11) is 0. The summed E-state index contributed by atoms with van der Waals surface area (Å²) in [6, 6.07) is 3.70. The van der Waals surface area contributed by atoms with Crippen LogP contribution in [0.15, 0.2) is 36.9 Å². The third kappa shape index (κ3) is 22.8. The second-order valence-electron chi connectivity index (χ2n) is 4.17. The fourth-order valence-corrected chi connectivity index (χ4v) is 1.35. The molecule has 10 nitrogen and oxygen atoms in total. The average molecular weight is 419 g/mol. The van der Waals surface area contributed by atoms with Crippen LogP contribution in [0.2, 0.25) is 0 Å². The van der Waals surface area contributed by atoms with Crippen molar-refractivity contribution in [3.8, 4) is 0 Å². The number of nitrogens with zero attached hydrogens (tertiary/aromatic N) is 2. The standard InChI is InChI=1S/C7H9NO.C7H7NO.2CO2.Mn.2O/c2*1-6-2-7(5-9)4-8-3-6;2*2-1-3;;;/h2-4,9H,5H2,1H3;2-5H,1H3;;;;;. The Kier molecular flexibility index (Phi) is 24.2. The molecular formula is C16H16MnN2O8. The summed E-state index contributed by atoms with van der Waals surface area (Å²) in [6.45, 7) is 3.93. The number of aliphatic hydroxyl groups excluding tert-OH is 1. The van der Waals surface area contributed by atoms with Crippen molar-refractivity contribution in [2.45, 2.75) is 20.5 Å². The van der Waals surface area contributed by atoms with Gasteiger partial charge in [0.25, 0.3) is 0 Å². The van der Waals surface area contributed by atoms with E-state index in [1.165, 1.54) is 0 Å². The van der Waals surface area contributed by atoms with Gasteiger partial charge in [-0.15, -0.1) is 0 Å². The molecule has 2 aromatic rings. The van der Waals surface area contributed by atoms with Crippen LogP contribution in [0.25, 0.3) is 0 Å². The van der Waals surface area contributed by atoms with Crippen LogP contribution in [0, 0.1) is 13.8 Å². The predicted molar refractivity (Wildman–Crippen MR) is 80.6 cm³/mol. The molecule has 0 amide bonds. The summed E-state index contributed by atoms with van der Waals surface area (Å²) < 4.78 is 16.8. The molecule has 2 aromatic heterocycles. The van der Waals surface area contributed by atoms with Gasteiger partial charge < -0.3 is 5.11 Å². The van der Waals surface area contributed by atoms with E-state index in [9.17, 15) is 4.79 Å². The first-order valence-electron chi connectivity index (χ1n) is 6.66. The molecule has 1 N–H and O–H groups in total. The molecule has 27 heavy (non-hydrogen) atoms. The summed E-state index contributed by atoms with van der Waals surface area (Å²) in [5.74, 6) is 0. The molecule has 0 saturated carbocycles. The number of aryl methyl sites for hydroxylation is 2. The fraction of sp³-hybridized carbons (Fsp3) is 0.188. The van der Waals surface area contributed by atoms with Crippen LogP contribution >= 0.6 is 0 Å². The second-order valence-corrected chi connectivity index (χ2v) is 4.37. The monoisotopic (exact) mass is 419 g/mol. The summed E-state index contributed by atoms with van der Waals surface area (Å²) in [5, 5.41) is 8.62. The molecule has 0 spiro atoms. The molecule has 0 aliphatic heterocycles. The first-order valence-corrected chi connectivity index (χ1v) is 7.63. The van der Waals surface area contributed by atoms with Crippen molar-refractivity contribution < 1.29 is 51.6 Å². The Labute approximate surface area is 160 Å². The van der Waals surface area contributed by atoms with Gasteiger partial charge in [0.05, 0.1) is 6.61 Å². The third-order valence-corrected chi connectivity index (χ3v) is 2.15. The number of rotatable bonds is 2. The number of aromatic nitrogens is 2. The Morgan fingerprint density at radius 3 is 1.59 bits per heavy atom. The Morgan fingerprint density at radius 1 is 0.926 bits per heavy atom. The van der Waals surface area contributed by atoms with Crippen molar-refractivity contribution in [2.75, 3.05) is 0 Å². The zero-order chi connectivity index (χ0) is 21.5. The van der Waals surface area contributed by atoms with E-state index in [4.69, 9.17) is 32.0 Å². The van der Waals surface area contributed by atoms with Crippen molar-refractivity contribution >= 4 is 18.6 Å². The van der Waals surface area contributed by atoms with Crippen molar-refractivity contribution in [1.29, 1.82) is 0 Å². The topological polar surface area (TPSA) is 165 Å². The van der Waals surface area contributed by atoms with Gasteiger partial charge in [0, 0.05) is 30.4 Å². The van der Waals surface area contributed by atoms with Gasteiger partial charge in [-0.2, -0.15) is 19.2 Å². The van der Waals surface area contributed by atoms with Crippen LogP contribution in [0.4, 0.5) is 0 Å². The summed E-state index contributed by atoms with van der Waals surface area (Å²) in [6.07, 6.45) is 7.97. The van der Waals surface area contributed by atoms with E-state index in [-0.39, 0.29) is 18.9 Å². The summed E-state index contributed by atoms with van der Waals surface area (Å²) >= 11 is -1.44. The van der Waals surface area contributed by atoms with Crippen molar-refractivity contribution in [2.24, 2.45) is 0 Å². The van der Waals surface area contributed by atoms with Crippen LogP contribution in [-0.2, 0) is 48.3 Å². The van der Waals surface area contributed by atoms with E-state index in [1.807, 2.05) is 19.9 Å². The van der Waals surface area contributed by atoms with Crippen LogP contribution in [0.1, 0.15) is 27.0 Å². The van der Waals surface area contributed by atoms with Gasteiger partial charge in [-0.1, -0.05) is 6.07 Å². The third-order valence-electron chi connectivity index (χ3n) is 2.15. The van der Waals surface area contributed by atoms with E-state index in [1.54, 1.807) is 30.9 Å². The molecule has 0 fully saturated rings. The van der Waals surface area contributed by atoms with E-state index in [2.05, 4.69) is 9.97 Å². The molecule has 0 aromatic carbocycles. The van der Waals surface area contributed by atoms with E-state index < -0.39 is 14.8 Å². The molecule has 0 radical (unpaired) electrons. The first kappa shape index (κ1) is 28.6. The van der Waals surface area contributed by atoms with E-state index in [0.717, 1.165) is 23.0 Å².